The standard InChI is InChI=1S/C19H27N3O4S/c1-15(23)21-10-12-22(13-11-21)19(24)16-6-5-9-18(14-16)27(25,26)20-17-7-3-2-4-8-17/h5-6,9,14,17,20H,2-4,7-8,10-13H2,1H3. The second-order valence-electron chi connectivity index (χ2n) is 7.28. The van der Waals surface area contributed by atoms with E-state index >= 15 is 0 Å². The van der Waals surface area contributed by atoms with Gasteiger partial charge in [-0.25, -0.2) is 13.1 Å². The smallest absolute Gasteiger partial charge is 0.254 e. The lowest BCUT2D eigenvalue weighted by molar-refractivity contribution is -0.130. The summed E-state index contributed by atoms with van der Waals surface area (Å²) >= 11 is 0. The van der Waals surface area contributed by atoms with E-state index in [2.05, 4.69) is 4.72 Å². The lowest BCUT2D eigenvalue weighted by Crippen LogP contribution is -2.50. The third-order valence-corrected chi connectivity index (χ3v) is 6.85. The minimum Gasteiger partial charge on any atom is -0.339 e. The van der Waals surface area contributed by atoms with Crippen molar-refractivity contribution in [2.45, 2.75) is 50.0 Å². The molecule has 7 nitrogen and oxygen atoms in total. The summed E-state index contributed by atoms with van der Waals surface area (Å²) in [4.78, 5) is 27.7. The molecule has 2 amide bonds. The third kappa shape index (κ3) is 4.87. The number of carbonyl (C=O) groups excluding carboxylic acids is 2. The summed E-state index contributed by atoms with van der Waals surface area (Å²) in [5.74, 6) is -0.197. The van der Waals surface area contributed by atoms with Gasteiger partial charge in [-0.1, -0.05) is 25.3 Å². The summed E-state index contributed by atoms with van der Waals surface area (Å²) in [6.07, 6.45) is 4.95. The number of hydrogen-bond acceptors (Lipinski definition) is 4. The van der Waals surface area contributed by atoms with Crippen molar-refractivity contribution in [1.82, 2.24) is 14.5 Å². The summed E-state index contributed by atoms with van der Waals surface area (Å²) in [7, 11) is -3.64. The molecule has 0 radical (unpaired) electrons. The number of nitrogens with one attached hydrogen (secondary N) is 1. The normalized spacial score (nSPS) is 19.1. The maximum Gasteiger partial charge on any atom is 0.254 e. The van der Waals surface area contributed by atoms with Crippen LogP contribution in [0.1, 0.15) is 49.4 Å². The monoisotopic (exact) mass is 393 g/mol. The number of rotatable bonds is 4. The van der Waals surface area contributed by atoms with Crippen LogP contribution in [-0.4, -0.2) is 62.3 Å². The number of hydrogen-bond donors (Lipinski definition) is 1. The molecule has 27 heavy (non-hydrogen) atoms. The van der Waals surface area contributed by atoms with Crippen molar-refractivity contribution in [1.29, 1.82) is 0 Å². The summed E-state index contributed by atoms with van der Waals surface area (Å²) in [6.45, 7) is 3.43. The largest absolute Gasteiger partial charge is 0.339 e. The molecule has 1 aromatic carbocycles. The lowest BCUT2D eigenvalue weighted by atomic mass is 9.96. The summed E-state index contributed by atoms with van der Waals surface area (Å²) < 4.78 is 28.2. The first-order chi connectivity index (χ1) is 12.9. The Labute approximate surface area is 160 Å². The molecular weight excluding hydrogens is 366 g/mol. The predicted octanol–water partition coefficient (Wildman–Crippen LogP) is 1.60. The van der Waals surface area contributed by atoms with Gasteiger partial charge in [-0.2, -0.15) is 0 Å². The van der Waals surface area contributed by atoms with Gasteiger partial charge in [0.15, 0.2) is 0 Å². The van der Waals surface area contributed by atoms with Gasteiger partial charge < -0.3 is 9.80 Å². The van der Waals surface area contributed by atoms with Crippen LogP contribution in [0.5, 0.6) is 0 Å². The maximum absolute atomic E-state index is 12.8. The van der Waals surface area contributed by atoms with Crippen LogP contribution in [-0.2, 0) is 14.8 Å². The molecule has 0 spiro atoms. The molecule has 2 aliphatic rings. The molecule has 1 saturated carbocycles. The van der Waals surface area contributed by atoms with Crippen molar-refractivity contribution in [2.24, 2.45) is 0 Å². The van der Waals surface area contributed by atoms with Crippen LogP contribution in [0.4, 0.5) is 0 Å². The van der Waals surface area contributed by atoms with E-state index in [1.807, 2.05) is 0 Å². The minimum atomic E-state index is -3.64. The highest BCUT2D eigenvalue weighted by atomic mass is 32.2. The van der Waals surface area contributed by atoms with E-state index in [4.69, 9.17) is 0 Å². The minimum absolute atomic E-state index is 0.00368. The van der Waals surface area contributed by atoms with Crippen LogP contribution < -0.4 is 4.72 Å². The van der Waals surface area contributed by atoms with Crippen molar-refractivity contribution in [3.05, 3.63) is 29.8 Å². The number of benzene rings is 1. The molecule has 0 atom stereocenters. The van der Waals surface area contributed by atoms with E-state index in [1.165, 1.54) is 19.1 Å². The molecule has 1 aliphatic carbocycles. The highest BCUT2D eigenvalue weighted by Gasteiger charge is 2.26. The number of nitrogens with zero attached hydrogens (tertiary/aromatic N) is 2. The van der Waals surface area contributed by atoms with E-state index in [1.54, 1.807) is 21.9 Å². The van der Waals surface area contributed by atoms with Gasteiger partial charge in [0.05, 0.1) is 4.90 Å². The summed E-state index contributed by atoms with van der Waals surface area (Å²) in [5, 5.41) is 0. The van der Waals surface area contributed by atoms with E-state index in [-0.39, 0.29) is 22.8 Å². The molecular formula is C19H27N3O4S. The molecule has 0 unspecified atom stereocenters. The van der Waals surface area contributed by atoms with Crippen LogP contribution in [0.3, 0.4) is 0 Å². The van der Waals surface area contributed by atoms with Gasteiger partial charge in [-0.3, -0.25) is 9.59 Å². The summed E-state index contributed by atoms with van der Waals surface area (Å²) in [5.41, 5.74) is 0.359. The Bertz CT molecular complexity index is 795. The van der Waals surface area contributed by atoms with E-state index in [0.29, 0.717) is 31.7 Å². The number of carbonyl (C=O) groups is 2. The first kappa shape index (κ1) is 19.8. The van der Waals surface area contributed by atoms with Crippen molar-refractivity contribution in [2.75, 3.05) is 26.2 Å². The Hall–Kier alpha value is -1.93. The van der Waals surface area contributed by atoms with Crippen LogP contribution in [0.15, 0.2) is 29.2 Å². The van der Waals surface area contributed by atoms with Gasteiger partial charge in [-0.15, -0.1) is 0 Å². The highest BCUT2D eigenvalue weighted by molar-refractivity contribution is 7.89. The van der Waals surface area contributed by atoms with Crippen molar-refractivity contribution >= 4 is 21.8 Å². The molecule has 0 aromatic heterocycles. The molecule has 2 fully saturated rings. The predicted molar refractivity (Wildman–Crippen MR) is 102 cm³/mol. The number of sulfonamides is 1. The average molecular weight is 394 g/mol. The second kappa shape index (κ2) is 8.39. The molecule has 1 saturated heterocycles. The molecule has 1 aromatic rings. The quantitative estimate of drug-likeness (QED) is 0.842. The fourth-order valence-electron chi connectivity index (χ4n) is 3.71. The average Bonchev–Trinajstić information content (AvgIpc) is 2.68. The third-order valence-electron chi connectivity index (χ3n) is 5.33. The molecule has 1 heterocycles. The van der Waals surface area contributed by atoms with Crippen LogP contribution in [0, 0.1) is 0 Å². The zero-order chi connectivity index (χ0) is 19.4. The molecule has 1 N–H and O–H groups in total. The summed E-state index contributed by atoms with van der Waals surface area (Å²) in [6, 6.07) is 6.19. The first-order valence-corrected chi connectivity index (χ1v) is 11.0. The van der Waals surface area contributed by atoms with Crippen LogP contribution in [0.2, 0.25) is 0 Å². The highest BCUT2D eigenvalue weighted by Crippen LogP contribution is 2.21. The Kier molecular flexibility index (Phi) is 6.16. The number of piperazine rings is 1. The lowest BCUT2D eigenvalue weighted by Gasteiger charge is -2.34. The van der Waals surface area contributed by atoms with Gasteiger partial charge >= 0.3 is 0 Å². The van der Waals surface area contributed by atoms with Gasteiger partial charge in [0.1, 0.15) is 0 Å². The van der Waals surface area contributed by atoms with Gasteiger partial charge in [0, 0.05) is 44.7 Å². The van der Waals surface area contributed by atoms with Crippen molar-refractivity contribution < 1.29 is 18.0 Å². The van der Waals surface area contributed by atoms with Crippen LogP contribution in [0.25, 0.3) is 0 Å². The Balaban J connectivity index is 1.69. The number of amides is 2. The van der Waals surface area contributed by atoms with Crippen molar-refractivity contribution in [3.8, 4) is 0 Å². The van der Waals surface area contributed by atoms with Gasteiger partial charge in [0.2, 0.25) is 15.9 Å². The Morgan fingerprint density at radius 2 is 1.63 bits per heavy atom. The fourth-order valence-corrected chi connectivity index (χ4v) is 5.06. The molecule has 148 valence electrons. The van der Waals surface area contributed by atoms with E-state index < -0.39 is 10.0 Å². The van der Waals surface area contributed by atoms with Gasteiger partial charge in [0.25, 0.3) is 5.91 Å². The van der Waals surface area contributed by atoms with Crippen LogP contribution >= 0.6 is 0 Å². The zero-order valence-corrected chi connectivity index (χ0v) is 16.5. The van der Waals surface area contributed by atoms with Gasteiger partial charge in [-0.05, 0) is 31.0 Å². The maximum atomic E-state index is 12.8. The molecule has 3 rings (SSSR count). The topological polar surface area (TPSA) is 86.8 Å². The first-order valence-electron chi connectivity index (χ1n) is 9.54. The Morgan fingerprint density at radius 1 is 1.00 bits per heavy atom. The van der Waals surface area contributed by atoms with E-state index in [0.717, 1.165) is 32.1 Å². The van der Waals surface area contributed by atoms with E-state index in [9.17, 15) is 18.0 Å². The second-order valence-corrected chi connectivity index (χ2v) is 9.00. The fraction of sp³-hybridized carbons (Fsp3) is 0.579. The molecule has 8 heteroatoms. The Morgan fingerprint density at radius 3 is 2.26 bits per heavy atom. The van der Waals surface area contributed by atoms with Crippen molar-refractivity contribution in [3.63, 3.8) is 0 Å². The molecule has 0 bridgehead atoms. The SMILES string of the molecule is CC(=O)N1CCN(C(=O)c2cccc(S(=O)(=O)NC3CCCCC3)c2)CC1. The zero-order valence-electron chi connectivity index (χ0n) is 15.7. The molecule has 1 aliphatic heterocycles.